The van der Waals surface area contributed by atoms with E-state index in [1.807, 2.05) is 47.3 Å². The van der Waals surface area contributed by atoms with Gasteiger partial charge in [0, 0.05) is 37.1 Å². The Balaban J connectivity index is 1.29. The molecule has 0 saturated carbocycles. The lowest BCUT2D eigenvalue weighted by atomic mass is 10.1. The Bertz CT molecular complexity index is 943. The number of carbonyl (C=O) groups excluding carboxylic acids is 1. The monoisotopic (exact) mass is 364 g/mol. The van der Waals surface area contributed by atoms with Gasteiger partial charge in [-0.15, -0.1) is 0 Å². The minimum atomic E-state index is -0.116. The molecule has 1 aromatic carbocycles. The molecule has 27 heavy (non-hydrogen) atoms. The molecular formula is C20H20N4O3. The van der Waals surface area contributed by atoms with Crippen LogP contribution in [0.4, 0.5) is 0 Å². The predicted molar refractivity (Wildman–Crippen MR) is 98.4 cm³/mol. The van der Waals surface area contributed by atoms with Gasteiger partial charge in [-0.25, -0.2) is 0 Å². The van der Waals surface area contributed by atoms with Gasteiger partial charge in [-0.05, 0) is 17.5 Å². The van der Waals surface area contributed by atoms with Gasteiger partial charge in [-0.3, -0.25) is 14.5 Å². The topological polar surface area (TPSA) is 69.5 Å². The first kappa shape index (κ1) is 16.4. The first-order chi connectivity index (χ1) is 13.3. The van der Waals surface area contributed by atoms with E-state index in [1.165, 1.54) is 0 Å². The van der Waals surface area contributed by atoms with Crippen LogP contribution < -0.4 is 0 Å². The number of carbonyl (C=O) groups is 1. The summed E-state index contributed by atoms with van der Waals surface area (Å²) < 4.78 is 14.0. The van der Waals surface area contributed by atoms with Crippen LogP contribution in [0.5, 0.6) is 0 Å². The van der Waals surface area contributed by atoms with E-state index in [-0.39, 0.29) is 24.2 Å². The molecule has 2 atom stereocenters. The average Bonchev–Trinajstić information content (AvgIpc) is 3.34. The van der Waals surface area contributed by atoms with Gasteiger partial charge in [0.1, 0.15) is 17.9 Å². The Hall–Kier alpha value is -2.77. The standard InChI is InChI=1S/C20H20N4O3/c25-20(17-8-14-4-1-2-5-15(14)9-21-17)23-10-18-19(11-23)27-13-16(12-26-18)24-7-3-6-22-24/h1-9,16,18-19H,10-13H2/t18-,19-/m0/s1. The van der Waals surface area contributed by atoms with E-state index in [0.717, 1.165) is 10.8 Å². The normalized spacial score (nSPS) is 23.3. The van der Waals surface area contributed by atoms with Crippen LogP contribution in [0, 0.1) is 0 Å². The molecule has 7 nitrogen and oxygen atoms in total. The van der Waals surface area contributed by atoms with Crippen LogP contribution in [0.25, 0.3) is 10.8 Å². The molecule has 0 bridgehead atoms. The number of likely N-dealkylation sites (tertiary alicyclic amines) is 1. The van der Waals surface area contributed by atoms with Gasteiger partial charge >= 0.3 is 0 Å². The summed E-state index contributed by atoms with van der Waals surface area (Å²) in [5.41, 5.74) is 0.458. The summed E-state index contributed by atoms with van der Waals surface area (Å²) in [5, 5.41) is 6.30. The zero-order valence-electron chi connectivity index (χ0n) is 14.8. The fraction of sp³-hybridized carbons (Fsp3) is 0.350. The molecule has 7 heteroatoms. The molecule has 0 unspecified atom stereocenters. The third-order valence-electron chi connectivity index (χ3n) is 5.26. The van der Waals surface area contributed by atoms with Crippen LogP contribution in [-0.2, 0) is 9.47 Å². The minimum absolute atomic E-state index is 0.0666. The highest BCUT2D eigenvalue weighted by molar-refractivity contribution is 5.96. The lowest BCUT2D eigenvalue weighted by molar-refractivity contribution is -0.00461. The molecule has 138 valence electrons. The quantitative estimate of drug-likeness (QED) is 0.695. The summed E-state index contributed by atoms with van der Waals surface area (Å²) in [6.45, 7) is 2.09. The Morgan fingerprint density at radius 3 is 2.48 bits per heavy atom. The summed E-state index contributed by atoms with van der Waals surface area (Å²) in [6, 6.07) is 11.7. The molecule has 2 aliphatic heterocycles. The lowest BCUT2D eigenvalue weighted by Gasteiger charge is -2.18. The molecule has 0 N–H and O–H groups in total. The van der Waals surface area contributed by atoms with Crippen molar-refractivity contribution in [3.8, 4) is 0 Å². The van der Waals surface area contributed by atoms with E-state index >= 15 is 0 Å². The van der Waals surface area contributed by atoms with Gasteiger partial charge in [0.15, 0.2) is 0 Å². The molecule has 0 aliphatic carbocycles. The molecule has 2 fully saturated rings. The fourth-order valence-electron chi connectivity index (χ4n) is 3.76. The predicted octanol–water partition coefficient (Wildman–Crippen LogP) is 1.91. The summed E-state index contributed by atoms with van der Waals surface area (Å²) in [7, 11) is 0. The van der Waals surface area contributed by atoms with Gasteiger partial charge in [-0.2, -0.15) is 5.10 Å². The minimum Gasteiger partial charge on any atom is -0.371 e. The molecule has 0 radical (unpaired) electrons. The molecule has 2 aromatic heterocycles. The van der Waals surface area contributed by atoms with E-state index in [4.69, 9.17) is 9.47 Å². The summed E-state index contributed by atoms with van der Waals surface area (Å²) >= 11 is 0. The van der Waals surface area contributed by atoms with Gasteiger partial charge in [-0.1, -0.05) is 24.3 Å². The number of amides is 1. The van der Waals surface area contributed by atoms with Crippen LogP contribution in [-0.4, -0.2) is 64.1 Å². The van der Waals surface area contributed by atoms with E-state index < -0.39 is 0 Å². The lowest BCUT2D eigenvalue weighted by Crippen LogP contribution is -2.31. The highest BCUT2D eigenvalue weighted by Gasteiger charge is 2.40. The number of fused-ring (bicyclic) bond motifs is 2. The Morgan fingerprint density at radius 2 is 1.78 bits per heavy atom. The summed E-state index contributed by atoms with van der Waals surface area (Å²) in [5.74, 6) is -0.0790. The number of benzene rings is 1. The Kier molecular flexibility index (Phi) is 4.10. The molecular weight excluding hydrogens is 344 g/mol. The number of aromatic nitrogens is 3. The van der Waals surface area contributed by atoms with Crippen molar-refractivity contribution in [2.75, 3.05) is 26.3 Å². The van der Waals surface area contributed by atoms with Crippen LogP contribution in [0.3, 0.4) is 0 Å². The molecule has 4 heterocycles. The number of hydrogen-bond donors (Lipinski definition) is 0. The van der Waals surface area contributed by atoms with Crippen LogP contribution in [0.15, 0.2) is 55.0 Å². The number of nitrogens with zero attached hydrogens (tertiary/aromatic N) is 4. The number of rotatable bonds is 2. The maximum Gasteiger partial charge on any atom is 0.272 e. The smallest absolute Gasteiger partial charge is 0.272 e. The van der Waals surface area contributed by atoms with Gasteiger partial charge < -0.3 is 14.4 Å². The van der Waals surface area contributed by atoms with E-state index in [0.29, 0.717) is 32.0 Å². The molecule has 1 amide bonds. The van der Waals surface area contributed by atoms with Gasteiger partial charge in [0.2, 0.25) is 0 Å². The molecule has 5 rings (SSSR count). The largest absolute Gasteiger partial charge is 0.371 e. The third-order valence-corrected chi connectivity index (χ3v) is 5.26. The SMILES string of the molecule is O=C(c1cc2ccccc2cn1)N1C[C@@H]2OCC(n3cccn3)CO[C@H]2C1. The summed E-state index contributed by atoms with van der Waals surface area (Å²) in [4.78, 5) is 19.0. The van der Waals surface area contributed by atoms with Crippen LogP contribution >= 0.6 is 0 Å². The number of hydrogen-bond acceptors (Lipinski definition) is 5. The third kappa shape index (κ3) is 3.09. The maximum absolute atomic E-state index is 12.9. The van der Waals surface area contributed by atoms with Gasteiger partial charge in [0.05, 0.1) is 19.3 Å². The first-order valence-corrected chi connectivity index (χ1v) is 9.14. The second kappa shape index (κ2) is 6.75. The summed E-state index contributed by atoms with van der Waals surface area (Å²) in [6.07, 6.45) is 5.19. The zero-order chi connectivity index (χ0) is 18.2. The maximum atomic E-state index is 12.9. The van der Waals surface area contributed by atoms with Crippen molar-refractivity contribution >= 4 is 16.7 Å². The average molecular weight is 364 g/mol. The van der Waals surface area contributed by atoms with Crippen molar-refractivity contribution in [1.82, 2.24) is 19.7 Å². The Labute approximate surface area is 156 Å². The molecule has 2 aliphatic rings. The van der Waals surface area contributed by atoms with E-state index in [1.54, 1.807) is 17.3 Å². The highest BCUT2D eigenvalue weighted by Crippen LogP contribution is 2.25. The fourth-order valence-corrected chi connectivity index (χ4v) is 3.76. The van der Waals surface area contributed by atoms with Crippen molar-refractivity contribution in [3.05, 3.63) is 60.7 Å². The second-order valence-electron chi connectivity index (χ2n) is 7.01. The van der Waals surface area contributed by atoms with Crippen molar-refractivity contribution in [2.45, 2.75) is 18.2 Å². The molecule has 0 spiro atoms. The second-order valence-corrected chi connectivity index (χ2v) is 7.01. The number of pyridine rings is 1. The zero-order valence-corrected chi connectivity index (χ0v) is 14.8. The van der Waals surface area contributed by atoms with Crippen LogP contribution in [0.2, 0.25) is 0 Å². The first-order valence-electron chi connectivity index (χ1n) is 9.14. The van der Waals surface area contributed by atoms with Crippen molar-refractivity contribution in [1.29, 1.82) is 0 Å². The van der Waals surface area contributed by atoms with Crippen molar-refractivity contribution in [3.63, 3.8) is 0 Å². The van der Waals surface area contributed by atoms with Crippen LogP contribution in [0.1, 0.15) is 16.5 Å². The molecule has 3 aromatic rings. The molecule has 2 saturated heterocycles. The number of ether oxygens (including phenoxy) is 2. The van der Waals surface area contributed by atoms with E-state index in [2.05, 4.69) is 10.1 Å². The van der Waals surface area contributed by atoms with Crippen molar-refractivity contribution < 1.29 is 14.3 Å². The van der Waals surface area contributed by atoms with Gasteiger partial charge in [0.25, 0.3) is 5.91 Å². The van der Waals surface area contributed by atoms with Crippen molar-refractivity contribution in [2.24, 2.45) is 0 Å². The highest BCUT2D eigenvalue weighted by atomic mass is 16.6. The Morgan fingerprint density at radius 1 is 1.04 bits per heavy atom. The van der Waals surface area contributed by atoms with E-state index in [9.17, 15) is 4.79 Å².